The normalized spacial score (nSPS) is 16.8. The van der Waals surface area contributed by atoms with E-state index in [2.05, 4.69) is 206 Å². The smallest absolute Gasteiger partial charge is 0.159 e. The Morgan fingerprint density at radius 3 is 1.56 bits per heavy atom. The summed E-state index contributed by atoms with van der Waals surface area (Å²) in [5, 5.41) is 6.97. The topological polar surface area (TPSA) is 32.8 Å². The maximum absolute atomic E-state index is 6.71. The van der Waals surface area contributed by atoms with Crippen LogP contribution >= 0.6 is 0 Å². The largest absolute Gasteiger partial charge is 0.454 e. The monoisotopic (exact) mass is 760 g/mol. The van der Waals surface area contributed by atoms with E-state index in [1.807, 2.05) is 12.1 Å². The van der Waals surface area contributed by atoms with Crippen molar-refractivity contribution >= 4 is 83.1 Å². The van der Waals surface area contributed by atoms with Gasteiger partial charge in [-0.15, -0.1) is 0 Å². The van der Waals surface area contributed by atoms with Gasteiger partial charge in [-0.05, 0) is 88.5 Å². The molecule has 10 aromatic rings. The van der Waals surface area contributed by atoms with Gasteiger partial charge >= 0.3 is 0 Å². The Morgan fingerprint density at radius 1 is 0.458 bits per heavy atom. The Bertz CT molecular complexity index is 3330. The Morgan fingerprint density at radius 2 is 0.949 bits per heavy atom. The first kappa shape index (κ1) is 33.8. The molecule has 282 valence electrons. The molecule has 0 fully saturated rings. The van der Waals surface area contributed by atoms with Crippen molar-refractivity contribution < 1.29 is 8.83 Å². The van der Waals surface area contributed by atoms with Crippen molar-refractivity contribution in [2.45, 2.75) is 25.2 Å². The number of hydrogen-bond donors (Lipinski definition) is 0. The van der Waals surface area contributed by atoms with Gasteiger partial charge in [0.25, 0.3) is 0 Å². The average Bonchev–Trinajstić information content (AvgIpc) is 3.93. The summed E-state index contributed by atoms with van der Waals surface area (Å²) in [6.45, 7) is 4.87. The molecule has 0 saturated heterocycles. The van der Waals surface area contributed by atoms with Gasteiger partial charge in [0, 0.05) is 49.9 Å². The standard InChI is InChI=1S/C55H40N2O2/c1-55(2)45-33-37(56(35-17-5-3-6-18-35)47-27-15-25-42-39-22-11-13-29-50(39)58-53(42)47)31-32-44(45)52-41-24-10-9-21-38(41)49(34-46(52)55)57(36-19-7-4-8-20-36)48-28-16-26-43-40-23-12-14-30-51(40)59-54(43)48/h3-34,44-45H,1-2H3. The predicted molar refractivity (Wildman–Crippen MR) is 245 cm³/mol. The summed E-state index contributed by atoms with van der Waals surface area (Å²) < 4.78 is 13.4. The fraction of sp³-hybridized carbons (Fsp3) is 0.0909. The van der Waals surface area contributed by atoms with Crippen LogP contribution in [0.3, 0.4) is 0 Å². The molecule has 2 aliphatic rings. The number of fused-ring (bicyclic) bond motifs is 11. The average molecular weight is 761 g/mol. The SMILES string of the molecule is CC1(C)c2cc(N(c3ccccc3)c3cccc4c3oc3ccccc34)c3ccccc3c2C2C=CC(N(c3ccccc3)c3cccc4c3oc3ccccc34)=CC21. The number of rotatable bonds is 6. The third kappa shape index (κ3) is 5.02. The molecule has 59 heavy (non-hydrogen) atoms. The van der Waals surface area contributed by atoms with Crippen LogP contribution in [-0.4, -0.2) is 0 Å². The molecule has 2 aromatic heterocycles. The Labute approximate surface area is 342 Å². The van der Waals surface area contributed by atoms with Crippen molar-refractivity contribution in [3.8, 4) is 0 Å². The molecule has 0 saturated carbocycles. The minimum absolute atomic E-state index is 0.196. The second-order valence-electron chi connectivity index (χ2n) is 16.5. The minimum atomic E-state index is -0.212. The fourth-order valence-corrected chi connectivity index (χ4v) is 10.2. The molecule has 0 aliphatic heterocycles. The first-order valence-electron chi connectivity index (χ1n) is 20.5. The Kier molecular flexibility index (Phi) is 7.37. The van der Waals surface area contributed by atoms with E-state index in [4.69, 9.17) is 8.83 Å². The molecule has 4 nitrogen and oxygen atoms in total. The lowest BCUT2D eigenvalue weighted by Gasteiger charge is -2.34. The van der Waals surface area contributed by atoms with Crippen molar-refractivity contribution in [1.29, 1.82) is 0 Å². The maximum atomic E-state index is 6.71. The molecule has 4 heteroatoms. The molecule has 0 amide bonds. The van der Waals surface area contributed by atoms with Gasteiger partial charge < -0.3 is 18.6 Å². The van der Waals surface area contributed by atoms with Gasteiger partial charge in [0.1, 0.15) is 11.2 Å². The Balaban J connectivity index is 1.05. The van der Waals surface area contributed by atoms with Crippen LogP contribution in [0.25, 0.3) is 54.6 Å². The van der Waals surface area contributed by atoms with Gasteiger partial charge in [0.2, 0.25) is 0 Å². The van der Waals surface area contributed by atoms with Gasteiger partial charge in [-0.2, -0.15) is 0 Å². The summed E-state index contributed by atoms with van der Waals surface area (Å²) in [5.41, 5.74) is 12.6. The second kappa shape index (κ2) is 12.9. The number of anilines is 5. The molecule has 0 bridgehead atoms. The number of furan rings is 2. The van der Waals surface area contributed by atoms with Crippen molar-refractivity contribution in [2.75, 3.05) is 9.80 Å². The highest BCUT2D eigenvalue weighted by Gasteiger charge is 2.47. The van der Waals surface area contributed by atoms with Crippen LogP contribution < -0.4 is 9.80 Å². The van der Waals surface area contributed by atoms with Crippen LogP contribution in [0.15, 0.2) is 209 Å². The molecule has 2 aliphatic carbocycles. The first-order valence-corrected chi connectivity index (χ1v) is 20.5. The lowest BCUT2D eigenvalue weighted by Crippen LogP contribution is -2.28. The van der Waals surface area contributed by atoms with Gasteiger partial charge in [0.15, 0.2) is 11.2 Å². The van der Waals surface area contributed by atoms with E-state index < -0.39 is 0 Å². The zero-order valence-electron chi connectivity index (χ0n) is 32.8. The van der Waals surface area contributed by atoms with E-state index in [1.54, 1.807) is 0 Å². The second-order valence-corrected chi connectivity index (χ2v) is 16.5. The van der Waals surface area contributed by atoms with Crippen molar-refractivity contribution in [3.05, 3.63) is 211 Å². The molecule has 0 radical (unpaired) electrons. The van der Waals surface area contributed by atoms with Gasteiger partial charge in [-0.25, -0.2) is 0 Å². The van der Waals surface area contributed by atoms with Crippen LogP contribution in [-0.2, 0) is 5.41 Å². The van der Waals surface area contributed by atoms with Crippen LogP contribution in [0.2, 0.25) is 0 Å². The van der Waals surface area contributed by atoms with E-state index in [1.165, 1.54) is 21.9 Å². The summed E-state index contributed by atoms with van der Waals surface area (Å²) in [4.78, 5) is 4.79. The summed E-state index contributed by atoms with van der Waals surface area (Å²) in [7, 11) is 0. The summed E-state index contributed by atoms with van der Waals surface area (Å²) in [6.07, 6.45) is 7.32. The molecular weight excluding hydrogens is 721 g/mol. The van der Waals surface area contributed by atoms with E-state index in [9.17, 15) is 0 Å². The van der Waals surface area contributed by atoms with Crippen LogP contribution in [0.5, 0.6) is 0 Å². The highest BCUT2D eigenvalue weighted by molar-refractivity contribution is 6.12. The van der Waals surface area contributed by atoms with Crippen LogP contribution in [0.1, 0.15) is 30.9 Å². The predicted octanol–water partition coefficient (Wildman–Crippen LogP) is 15.4. The molecule has 8 aromatic carbocycles. The summed E-state index contributed by atoms with van der Waals surface area (Å²) in [6, 6.07) is 62.6. The number of nitrogens with zero attached hydrogens (tertiary/aromatic N) is 2. The van der Waals surface area contributed by atoms with Gasteiger partial charge in [-0.1, -0.05) is 147 Å². The minimum Gasteiger partial charge on any atom is -0.454 e. The van der Waals surface area contributed by atoms with Crippen LogP contribution in [0.4, 0.5) is 28.4 Å². The molecular formula is C55H40N2O2. The van der Waals surface area contributed by atoms with Crippen molar-refractivity contribution in [1.82, 2.24) is 0 Å². The van der Waals surface area contributed by atoms with Crippen molar-refractivity contribution in [3.63, 3.8) is 0 Å². The molecule has 2 heterocycles. The zero-order valence-corrected chi connectivity index (χ0v) is 32.8. The fourth-order valence-electron chi connectivity index (χ4n) is 10.2. The van der Waals surface area contributed by atoms with Crippen LogP contribution in [0, 0.1) is 5.92 Å². The molecule has 2 atom stereocenters. The summed E-state index contributed by atoms with van der Waals surface area (Å²) >= 11 is 0. The third-order valence-electron chi connectivity index (χ3n) is 12.9. The van der Waals surface area contributed by atoms with Gasteiger partial charge in [0.05, 0.1) is 17.1 Å². The first-order chi connectivity index (χ1) is 29.0. The highest BCUT2D eigenvalue weighted by Crippen LogP contribution is 2.58. The quantitative estimate of drug-likeness (QED) is 0.169. The van der Waals surface area contributed by atoms with Crippen molar-refractivity contribution in [2.24, 2.45) is 5.92 Å². The highest BCUT2D eigenvalue weighted by atomic mass is 16.3. The number of para-hydroxylation sites is 6. The van der Waals surface area contributed by atoms with E-state index in [0.29, 0.717) is 0 Å². The molecule has 2 unspecified atom stereocenters. The lowest BCUT2D eigenvalue weighted by atomic mass is 9.74. The molecule has 12 rings (SSSR count). The molecule has 0 N–H and O–H groups in total. The lowest BCUT2D eigenvalue weighted by molar-refractivity contribution is 0.392. The van der Waals surface area contributed by atoms with E-state index >= 15 is 0 Å². The zero-order chi connectivity index (χ0) is 39.2. The Hall–Kier alpha value is -7.30. The number of benzene rings is 8. The summed E-state index contributed by atoms with van der Waals surface area (Å²) in [5.74, 6) is 0.396. The number of hydrogen-bond acceptors (Lipinski definition) is 4. The number of allylic oxidation sites excluding steroid dienone is 3. The van der Waals surface area contributed by atoms with Gasteiger partial charge in [-0.3, -0.25) is 0 Å². The van der Waals surface area contributed by atoms with E-state index in [-0.39, 0.29) is 17.3 Å². The molecule has 0 spiro atoms. The maximum Gasteiger partial charge on any atom is 0.159 e. The van der Waals surface area contributed by atoms with E-state index in [0.717, 1.165) is 78.0 Å². The third-order valence-corrected chi connectivity index (χ3v) is 12.9.